The quantitative estimate of drug-likeness (QED) is 0.594. The first-order valence-electron chi connectivity index (χ1n) is 10.9. The fourth-order valence-corrected chi connectivity index (χ4v) is 4.09. The zero-order chi connectivity index (χ0) is 23.4. The molecule has 174 valence electrons. The topological polar surface area (TPSA) is 79.4 Å². The Morgan fingerprint density at radius 3 is 2.39 bits per heavy atom. The Hall–Kier alpha value is -3.30. The summed E-state index contributed by atoms with van der Waals surface area (Å²) in [5.74, 6) is -1.10. The van der Waals surface area contributed by atoms with Crippen molar-refractivity contribution < 1.29 is 28.2 Å². The summed E-state index contributed by atoms with van der Waals surface area (Å²) in [5, 5.41) is 0. The van der Waals surface area contributed by atoms with Crippen LogP contribution in [0.1, 0.15) is 16.8 Å². The summed E-state index contributed by atoms with van der Waals surface area (Å²) < 4.78 is 23.9. The molecule has 0 aliphatic carbocycles. The van der Waals surface area contributed by atoms with Crippen LogP contribution < -0.4 is 9.64 Å². The summed E-state index contributed by atoms with van der Waals surface area (Å²) in [7, 11) is 1.54. The van der Waals surface area contributed by atoms with Crippen molar-refractivity contribution in [1.29, 1.82) is 0 Å². The monoisotopic (exact) mass is 455 g/mol. The van der Waals surface area contributed by atoms with Gasteiger partial charge in [0.2, 0.25) is 5.91 Å². The molecule has 3 amide bonds. The number of halogens is 1. The molecule has 0 spiro atoms. The average Bonchev–Trinajstić information content (AvgIpc) is 3.14. The lowest BCUT2D eigenvalue weighted by atomic mass is 10.1. The van der Waals surface area contributed by atoms with Gasteiger partial charge in [-0.1, -0.05) is 0 Å². The van der Waals surface area contributed by atoms with Crippen LogP contribution in [-0.2, 0) is 14.3 Å². The summed E-state index contributed by atoms with van der Waals surface area (Å²) >= 11 is 0. The SMILES string of the molecule is COc1ccc(C(=O)N(CCN2CCOCC2)C2CC(=O)N(c3ccc(F)cc3)C2=O)cc1. The average molecular weight is 455 g/mol. The molecule has 0 aromatic heterocycles. The van der Waals surface area contributed by atoms with Gasteiger partial charge < -0.3 is 14.4 Å². The van der Waals surface area contributed by atoms with E-state index in [0.717, 1.165) is 18.0 Å². The van der Waals surface area contributed by atoms with Crippen LogP contribution in [0.25, 0.3) is 0 Å². The van der Waals surface area contributed by atoms with Crippen molar-refractivity contribution in [2.24, 2.45) is 0 Å². The van der Waals surface area contributed by atoms with Gasteiger partial charge in [-0.05, 0) is 48.5 Å². The van der Waals surface area contributed by atoms with Gasteiger partial charge in [-0.25, -0.2) is 9.29 Å². The fourth-order valence-electron chi connectivity index (χ4n) is 4.09. The number of methoxy groups -OCH3 is 1. The highest BCUT2D eigenvalue weighted by Gasteiger charge is 2.44. The lowest BCUT2D eigenvalue weighted by Crippen LogP contribution is -2.49. The lowest BCUT2D eigenvalue weighted by molar-refractivity contribution is -0.122. The number of carbonyl (C=O) groups excluding carboxylic acids is 3. The summed E-state index contributed by atoms with van der Waals surface area (Å²) in [6.07, 6.45) is -0.124. The van der Waals surface area contributed by atoms with E-state index < -0.39 is 23.7 Å². The van der Waals surface area contributed by atoms with Gasteiger partial charge in [0, 0.05) is 31.7 Å². The van der Waals surface area contributed by atoms with Crippen molar-refractivity contribution in [2.45, 2.75) is 12.5 Å². The standard InChI is InChI=1S/C24H26FN3O5/c1-32-20-8-2-17(3-9-20)23(30)27(11-10-26-12-14-33-15-13-26)21-16-22(29)28(24(21)31)19-6-4-18(25)5-7-19/h2-9,21H,10-16H2,1H3. The number of amides is 3. The third-order valence-corrected chi connectivity index (χ3v) is 5.94. The van der Waals surface area contributed by atoms with E-state index in [9.17, 15) is 18.8 Å². The van der Waals surface area contributed by atoms with Gasteiger partial charge in [-0.2, -0.15) is 0 Å². The van der Waals surface area contributed by atoms with E-state index >= 15 is 0 Å². The van der Waals surface area contributed by atoms with Crippen LogP contribution in [0.5, 0.6) is 5.75 Å². The largest absolute Gasteiger partial charge is 0.497 e. The zero-order valence-electron chi connectivity index (χ0n) is 18.4. The van der Waals surface area contributed by atoms with Gasteiger partial charge in [0.1, 0.15) is 17.6 Å². The highest BCUT2D eigenvalue weighted by atomic mass is 19.1. The molecule has 2 fully saturated rings. The first-order chi connectivity index (χ1) is 16.0. The van der Waals surface area contributed by atoms with Crippen LogP contribution >= 0.6 is 0 Å². The maximum atomic E-state index is 13.5. The van der Waals surface area contributed by atoms with E-state index in [1.54, 1.807) is 24.3 Å². The molecule has 0 saturated carbocycles. The molecule has 0 radical (unpaired) electrons. The number of benzene rings is 2. The Bertz CT molecular complexity index is 1010. The van der Waals surface area contributed by atoms with Gasteiger partial charge in [0.25, 0.3) is 11.8 Å². The third kappa shape index (κ3) is 5.04. The number of hydrogen-bond acceptors (Lipinski definition) is 6. The zero-order valence-corrected chi connectivity index (χ0v) is 18.4. The predicted molar refractivity (Wildman–Crippen MR) is 119 cm³/mol. The Kier molecular flexibility index (Phi) is 7.00. The van der Waals surface area contributed by atoms with Gasteiger partial charge in [-0.3, -0.25) is 19.3 Å². The number of anilines is 1. The van der Waals surface area contributed by atoms with Crippen molar-refractivity contribution in [3.05, 3.63) is 59.9 Å². The minimum absolute atomic E-state index is 0.124. The number of nitrogens with zero attached hydrogens (tertiary/aromatic N) is 3. The Balaban J connectivity index is 1.58. The highest BCUT2D eigenvalue weighted by molar-refractivity contribution is 6.23. The van der Waals surface area contributed by atoms with Crippen molar-refractivity contribution in [2.75, 3.05) is 51.4 Å². The second-order valence-corrected chi connectivity index (χ2v) is 7.94. The predicted octanol–water partition coefficient (Wildman–Crippen LogP) is 1.94. The fraction of sp³-hybridized carbons (Fsp3) is 0.375. The van der Waals surface area contributed by atoms with Crippen molar-refractivity contribution in [3.8, 4) is 5.75 Å². The molecule has 2 aliphatic heterocycles. The van der Waals surface area contributed by atoms with Crippen LogP contribution in [0.2, 0.25) is 0 Å². The first kappa shape index (κ1) is 22.9. The molecular weight excluding hydrogens is 429 g/mol. The number of carbonyl (C=O) groups is 3. The summed E-state index contributed by atoms with van der Waals surface area (Å²) in [5.41, 5.74) is 0.692. The molecule has 1 atom stereocenters. The molecule has 1 unspecified atom stereocenters. The highest BCUT2D eigenvalue weighted by Crippen LogP contribution is 2.27. The van der Waals surface area contributed by atoms with E-state index in [4.69, 9.17) is 9.47 Å². The van der Waals surface area contributed by atoms with Crippen molar-refractivity contribution >= 4 is 23.4 Å². The first-order valence-corrected chi connectivity index (χ1v) is 10.9. The van der Waals surface area contributed by atoms with E-state index in [1.165, 1.54) is 36.3 Å². The summed E-state index contributed by atoms with van der Waals surface area (Å²) in [6, 6.07) is 10.9. The molecule has 2 heterocycles. The van der Waals surface area contributed by atoms with Gasteiger partial charge in [0.05, 0.1) is 32.4 Å². The molecule has 8 nitrogen and oxygen atoms in total. The number of imide groups is 1. The molecular formula is C24H26FN3O5. The molecule has 2 saturated heterocycles. The Morgan fingerprint density at radius 2 is 1.76 bits per heavy atom. The van der Waals surface area contributed by atoms with E-state index in [-0.39, 0.29) is 18.9 Å². The molecule has 0 bridgehead atoms. The van der Waals surface area contributed by atoms with Crippen LogP contribution in [0, 0.1) is 5.82 Å². The normalized spacial score (nSPS) is 19.1. The van der Waals surface area contributed by atoms with Crippen molar-refractivity contribution in [3.63, 3.8) is 0 Å². The van der Waals surface area contributed by atoms with Crippen molar-refractivity contribution in [1.82, 2.24) is 9.80 Å². The van der Waals surface area contributed by atoms with Gasteiger partial charge >= 0.3 is 0 Å². The molecule has 2 aromatic carbocycles. The molecule has 4 rings (SSSR count). The molecule has 33 heavy (non-hydrogen) atoms. The molecule has 2 aromatic rings. The smallest absolute Gasteiger partial charge is 0.257 e. The van der Waals surface area contributed by atoms with Gasteiger partial charge in [-0.15, -0.1) is 0 Å². The maximum Gasteiger partial charge on any atom is 0.257 e. The number of ether oxygens (including phenoxy) is 2. The Labute approximate surface area is 191 Å². The van der Waals surface area contributed by atoms with Crippen LogP contribution in [0.3, 0.4) is 0 Å². The van der Waals surface area contributed by atoms with Crippen LogP contribution in [0.15, 0.2) is 48.5 Å². The second-order valence-electron chi connectivity index (χ2n) is 7.94. The second kappa shape index (κ2) is 10.1. The van der Waals surface area contributed by atoms with Gasteiger partial charge in [0.15, 0.2) is 0 Å². The van der Waals surface area contributed by atoms with Crippen LogP contribution in [-0.4, -0.2) is 80.1 Å². The minimum atomic E-state index is -0.932. The molecule has 9 heteroatoms. The number of morpholine rings is 1. The molecule has 0 N–H and O–H groups in total. The summed E-state index contributed by atoms with van der Waals surface area (Å²) in [4.78, 5) is 44.2. The van der Waals surface area contributed by atoms with E-state index in [2.05, 4.69) is 4.90 Å². The number of hydrogen-bond donors (Lipinski definition) is 0. The van der Waals surface area contributed by atoms with Crippen LogP contribution in [0.4, 0.5) is 10.1 Å². The Morgan fingerprint density at radius 1 is 1.09 bits per heavy atom. The number of rotatable bonds is 7. The summed E-state index contributed by atoms with van der Waals surface area (Å²) in [6.45, 7) is 3.55. The molecule has 2 aliphatic rings. The van der Waals surface area contributed by atoms with E-state index in [0.29, 0.717) is 36.8 Å². The third-order valence-electron chi connectivity index (χ3n) is 5.94. The van der Waals surface area contributed by atoms with E-state index in [1.807, 2.05) is 0 Å². The lowest BCUT2D eigenvalue weighted by Gasteiger charge is -2.32. The minimum Gasteiger partial charge on any atom is -0.497 e. The maximum absolute atomic E-state index is 13.5.